The van der Waals surface area contributed by atoms with Crippen LogP contribution in [0.15, 0.2) is 0 Å². The average molecular weight is 234 g/mol. The highest BCUT2D eigenvalue weighted by molar-refractivity contribution is 7.89. The van der Waals surface area contributed by atoms with Crippen molar-refractivity contribution in [3.8, 4) is 0 Å². The van der Waals surface area contributed by atoms with E-state index in [4.69, 9.17) is 4.74 Å². The molecule has 0 radical (unpaired) electrons. The topological polar surface area (TPSA) is 67.4 Å². The fourth-order valence-electron chi connectivity index (χ4n) is 2.08. The van der Waals surface area contributed by atoms with Crippen LogP contribution in [0.3, 0.4) is 0 Å². The summed E-state index contributed by atoms with van der Waals surface area (Å²) in [5.41, 5.74) is 0. The predicted octanol–water partition coefficient (Wildman–Crippen LogP) is -0.553. The van der Waals surface area contributed by atoms with Gasteiger partial charge in [-0.1, -0.05) is 0 Å². The molecule has 2 saturated heterocycles. The number of sulfonamides is 1. The van der Waals surface area contributed by atoms with Gasteiger partial charge >= 0.3 is 0 Å². The normalized spacial score (nSPS) is 32.3. The van der Waals surface area contributed by atoms with Gasteiger partial charge in [0.1, 0.15) is 0 Å². The number of hydrogen-bond donors (Lipinski definition) is 2. The molecule has 0 spiro atoms. The Morgan fingerprint density at radius 1 is 1.40 bits per heavy atom. The molecule has 15 heavy (non-hydrogen) atoms. The molecule has 0 aliphatic carbocycles. The molecule has 0 amide bonds. The van der Waals surface area contributed by atoms with Gasteiger partial charge in [-0.15, -0.1) is 0 Å². The van der Waals surface area contributed by atoms with Crippen molar-refractivity contribution >= 4 is 10.0 Å². The Balaban J connectivity index is 1.82. The Morgan fingerprint density at radius 2 is 2.27 bits per heavy atom. The third kappa shape index (κ3) is 3.41. The van der Waals surface area contributed by atoms with Crippen molar-refractivity contribution in [3.63, 3.8) is 0 Å². The van der Waals surface area contributed by atoms with Gasteiger partial charge in [0.15, 0.2) is 0 Å². The molecule has 2 aliphatic heterocycles. The molecule has 88 valence electrons. The van der Waals surface area contributed by atoms with Crippen LogP contribution in [0.1, 0.15) is 19.3 Å². The van der Waals surface area contributed by atoms with E-state index in [-0.39, 0.29) is 17.9 Å². The molecule has 0 aromatic heterocycles. The Hall–Kier alpha value is -0.170. The summed E-state index contributed by atoms with van der Waals surface area (Å²) in [6, 6.07) is 0.0661. The van der Waals surface area contributed by atoms with Crippen LogP contribution >= 0.6 is 0 Å². The van der Waals surface area contributed by atoms with Crippen LogP contribution < -0.4 is 10.0 Å². The summed E-state index contributed by atoms with van der Waals surface area (Å²) in [4.78, 5) is 0. The van der Waals surface area contributed by atoms with E-state index in [1.807, 2.05) is 0 Å². The first-order chi connectivity index (χ1) is 7.16. The quantitative estimate of drug-likeness (QED) is 0.685. The molecule has 0 aromatic rings. The standard InChI is InChI=1S/C9H18N2O3S/c12-15(13,7-9-2-1-5-14-9)11-8-3-4-10-6-8/h8-11H,1-7H2. The highest BCUT2D eigenvalue weighted by atomic mass is 32.2. The molecule has 2 N–H and O–H groups in total. The largest absolute Gasteiger partial charge is 0.377 e. The van der Waals surface area contributed by atoms with E-state index in [0.29, 0.717) is 6.61 Å². The maximum atomic E-state index is 11.7. The number of hydrogen-bond acceptors (Lipinski definition) is 4. The van der Waals surface area contributed by atoms with Gasteiger partial charge in [0.25, 0.3) is 0 Å². The molecule has 0 bridgehead atoms. The third-order valence-corrected chi connectivity index (χ3v) is 4.34. The zero-order valence-electron chi connectivity index (χ0n) is 8.74. The van der Waals surface area contributed by atoms with Gasteiger partial charge in [-0.2, -0.15) is 0 Å². The monoisotopic (exact) mass is 234 g/mol. The summed E-state index contributed by atoms with van der Waals surface area (Å²) in [6.07, 6.45) is 2.62. The van der Waals surface area contributed by atoms with Crippen LogP contribution in [0.5, 0.6) is 0 Å². The molecule has 2 unspecified atom stereocenters. The van der Waals surface area contributed by atoms with Crippen LogP contribution in [0.4, 0.5) is 0 Å². The molecule has 2 atom stereocenters. The first kappa shape index (κ1) is 11.3. The van der Waals surface area contributed by atoms with Crippen molar-refractivity contribution in [2.45, 2.75) is 31.4 Å². The third-order valence-electron chi connectivity index (χ3n) is 2.84. The lowest BCUT2D eigenvalue weighted by Gasteiger charge is -2.14. The number of ether oxygens (including phenoxy) is 1. The first-order valence-electron chi connectivity index (χ1n) is 5.48. The lowest BCUT2D eigenvalue weighted by atomic mass is 10.3. The van der Waals surface area contributed by atoms with Gasteiger partial charge < -0.3 is 10.1 Å². The minimum absolute atomic E-state index is 0.0661. The van der Waals surface area contributed by atoms with Crippen molar-refractivity contribution in [1.82, 2.24) is 10.0 Å². The van der Waals surface area contributed by atoms with E-state index >= 15 is 0 Å². The van der Waals surface area contributed by atoms with Crippen molar-refractivity contribution in [2.24, 2.45) is 0 Å². The van der Waals surface area contributed by atoms with Crippen molar-refractivity contribution < 1.29 is 13.2 Å². The summed E-state index contributed by atoms with van der Waals surface area (Å²) in [5.74, 6) is 0.115. The Morgan fingerprint density at radius 3 is 2.87 bits per heavy atom. The molecule has 5 nitrogen and oxygen atoms in total. The van der Waals surface area contributed by atoms with Crippen molar-refractivity contribution in [1.29, 1.82) is 0 Å². The fourth-order valence-corrected chi connectivity index (χ4v) is 3.64. The van der Waals surface area contributed by atoms with E-state index in [1.165, 1.54) is 0 Å². The second-order valence-corrected chi connectivity index (χ2v) is 6.02. The van der Waals surface area contributed by atoms with E-state index in [0.717, 1.165) is 32.4 Å². The molecule has 2 rings (SSSR count). The van der Waals surface area contributed by atoms with Gasteiger partial charge in [0.2, 0.25) is 10.0 Å². The van der Waals surface area contributed by atoms with E-state index in [1.54, 1.807) is 0 Å². The SMILES string of the molecule is O=S(=O)(CC1CCCO1)NC1CCNC1. The fraction of sp³-hybridized carbons (Fsp3) is 1.00. The summed E-state index contributed by atoms with van der Waals surface area (Å²) in [6.45, 7) is 2.34. The molecule has 2 heterocycles. The second kappa shape index (κ2) is 4.78. The van der Waals surface area contributed by atoms with Gasteiger partial charge in [0, 0.05) is 19.2 Å². The molecular weight excluding hydrogens is 216 g/mol. The maximum absolute atomic E-state index is 11.7. The molecular formula is C9H18N2O3S. The zero-order chi connectivity index (χ0) is 10.7. The Labute approximate surface area is 90.6 Å². The lowest BCUT2D eigenvalue weighted by molar-refractivity contribution is 0.127. The Kier molecular flexibility index (Phi) is 3.60. The minimum Gasteiger partial charge on any atom is -0.377 e. The van der Waals surface area contributed by atoms with Gasteiger partial charge in [-0.25, -0.2) is 13.1 Å². The summed E-state index contributed by atoms with van der Waals surface area (Å²) >= 11 is 0. The zero-order valence-corrected chi connectivity index (χ0v) is 9.55. The lowest BCUT2D eigenvalue weighted by Crippen LogP contribution is -2.40. The highest BCUT2D eigenvalue weighted by Gasteiger charge is 2.26. The average Bonchev–Trinajstić information content (AvgIpc) is 2.75. The summed E-state index contributed by atoms with van der Waals surface area (Å²) in [7, 11) is -3.16. The smallest absolute Gasteiger partial charge is 0.214 e. The van der Waals surface area contributed by atoms with E-state index < -0.39 is 10.0 Å². The predicted molar refractivity (Wildman–Crippen MR) is 57.2 cm³/mol. The van der Waals surface area contributed by atoms with E-state index in [2.05, 4.69) is 10.0 Å². The van der Waals surface area contributed by atoms with Crippen LogP contribution in [0.2, 0.25) is 0 Å². The summed E-state index contributed by atoms with van der Waals surface area (Å²) in [5, 5.41) is 3.13. The van der Waals surface area contributed by atoms with Crippen molar-refractivity contribution in [3.05, 3.63) is 0 Å². The first-order valence-corrected chi connectivity index (χ1v) is 7.13. The van der Waals surface area contributed by atoms with Crippen LogP contribution in [-0.2, 0) is 14.8 Å². The molecule has 6 heteroatoms. The van der Waals surface area contributed by atoms with Gasteiger partial charge in [0.05, 0.1) is 11.9 Å². The molecule has 0 aromatic carbocycles. The molecule has 2 fully saturated rings. The number of nitrogens with one attached hydrogen (secondary N) is 2. The minimum atomic E-state index is -3.16. The molecule has 0 saturated carbocycles. The van der Waals surface area contributed by atoms with Crippen LogP contribution in [-0.4, -0.2) is 46.0 Å². The Bertz CT molecular complexity index is 268. The second-order valence-electron chi connectivity index (χ2n) is 4.22. The van der Waals surface area contributed by atoms with Crippen LogP contribution in [0, 0.1) is 0 Å². The van der Waals surface area contributed by atoms with Gasteiger partial charge in [-0.05, 0) is 25.8 Å². The number of rotatable bonds is 4. The summed E-state index contributed by atoms with van der Waals surface area (Å²) < 4.78 is 31.5. The highest BCUT2D eigenvalue weighted by Crippen LogP contribution is 2.14. The van der Waals surface area contributed by atoms with Gasteiger partial charge in [-0.3, -0.25) is 0 Å². The van der Waals surface area contributed by atoms with Crippen molar-refractivity contribution in [2.75, 3.05) is 25.4 Å². The van der Waals surface area contributed by atoms with Crippen LogP contribution in [0.25, 0.3) is 0 Å². The molecule has 2 aliphatic rings. The van der Waals surface area contributed by atoms with E-state index in [9.17, 15) is 8.42 Å². The maximum Gasteiger partial charge on any atom is 0.214 e.